The molecule has 15 heavy (non-hydrogen) atoms. The molecule has 0 fully saturated rings. The Hall–Kier alpha value is -1.59. The van der Waals surface area contributed by atoms with Crippen LogP contribution in [0, 0.1) is 0 Å². The van der Waals surface area contributed by atoms with Crippen molar-refractivity contribution in [2.24, 2.45) is 5.73 Å². The van der Waals surface area contributed by atoms with Crippen molar-refractivity contribution in [1.29, 1.82) is 0 Å². The predicted octanol–water partition coefficient (Wildman–Crippen LogP) is 0.310. The van der Waals surface area contributed by atoms with E-state index < -0.39 is 12.0 Å². The van der Waals surface area contributed by atoms with E-state index in [1.165, 1.54) is 19.1 Å². The number of hydrogen-bond donors (Lipinski definition) is 3. The molecule has 1 aromatic rings. The number of nitrogens with two attached hydrogens (primary N) is 1. The number of aliphatic hydroxyl groups excluding tert-OH is 1. The van der Waals surface area contributed by atoms with Crippen molar-refractivity contribution in [3.8, 4) is 11.5 Å². The van der Waals surface area contributed by atoms with Crippen molar-refractivity contribution in [2.45, 2.75) is 13.0 Å². The number of esters is 1. The molecule has 1 atom stereocenters. The van der Waals surface area contributed by atoms with Crippen LogP contribution in [-0.4, -0.2) is 22.8 Å². The number of phenolic OH excluding ortho intramolecular Hbond substituents is 1. The standard InChI is InChI=1S/C10H13NO4/c1-6(13)15-10-3-2-7(4-9(10)14)8(11)5-12/h2-4,8,12,14H,5,11H2,1H3/t8-/m0/s1. The fraction of sp³-hybridized carbons (Fsp3) is 0.300. The molecule has 0 unspecified atom stereocenters. The molecule has 0 spiro atoms. The van der Waals surface area contributed by atoms with E-state index in [9.17, 15) is 9.90 Å². The lowest BCUT2D eigenvalue weighted by Crippen LogP contribution is -2.14. The van der Waals surface area contributed by atoms with E-state index in [0.717, 1.165) is 0 Å². The maximum Gasteiger partial charge on any atom is 0.308 e. The smallest absolute Gasteiger partial charge is 0.308 e. The third kappa shape index (κ3) is 2.93. The van der Waals surface area contributed by atoms with Gasteiger partial charge in [-0.15, -0.1) is 0 Å². The van der Waals surface area contributed by atoms with Crippen LogP contribution in [0.15, 0.2) is 18.2 Å². The van der Waals surface area contributed by atoms with E-state index in [1.54, 1.807) is 6.07 Å². The summed E-state index contributed by atoms with van der Waals surface area (Å²) >= 11 is 0. The summed E-state index contributed by atoms with van der Waals surface area (Å²) in [5, 5.41) is 18.3. The molecule has 0 aliphatic rings. The minimum absolute atomic E-state index is 0.0800. The van der Waals surface area contributed by atoms with Gasteiger partial charge in [0.1, 0.15) is 0 Å². The van der Waals surface area contributed by atoms with Gasteiger partial charge in [-0.2, -0.15) is 0 Å². The lowest BCUT2D eigenvalue weighted by molar-refractivity contribution is -0.132. The molecule has 0 amide bonds. The summed E-state index contributed by atoms with van der Waals surface area (Å²) in [4.78, 5) is 10.6. The zero-order valence-electron chi connectivity index (χ0n) is 8.30. The number of phenols is 1. The lowest BCUT2D eigenvalue weighted by Gasteiger charge is -2.10. The fourth-order valence-corrected chi connectivity index (χ4v) is 1.11. The number of aliphatic hydroxyl groups is 1. The number of aromatic hydroxyl groups is 1. The lowest BCUT2D eigenvalue weighted by atomic mass is 10.1. The van der Waals surface area contributed by atoms with Gasteiger partial charge < -0.3 is 20.7 Å². The van der Waals surface area contributed by atoms with Crippen molar-refractivity contribution in [3.05, 3.63) is 23.8 Å². The Kier molecular flexibility index (Phi) is 3.65. The number of ether oxygens (including phenoxy) is 1. The second-order valence-electron chi connectivity index (χ2n) is 3.11. The molecule has 0 aliphatic heterocycles. The minimum atomic E-state index is -0.553. The van der Waals surface area contributed by atoms with Crippen LogP contribution in [0.1, 0.15) is 18.5 Å². The van der Waals surface area contributed by atoms with Gasteiger partial charge in [-0.3, -0.25) is 4.79 Å². The summed E-state index contributed by atoms with van der Waals surface area (Å²) in [6, 6.07) is 3.82. The van der Waals surface area contributed by atoms with Crippen LogP contribution in [0.5, 0.6) is 11.5 Å². The molecule has 5 nitrogen and oxygen atoms in total. The third-order valence-electron chi connectivity index (χ3n) is 1.86. The van der Waals surface area contributed by atoms with Gasteiger partial charge in [0.2, 0.25) is 0 Å². The molecule has 0 heterocycles. The molecule has 82 valence electrons. The Bertz CT molecular complexity index is 364. The van der Waals surface area contributed by atoms with Gasteiger partial charge in [0.15, 0.2) is 11.5 Å². The zero-order valence-corrected chi connectivity index (χ0v) is 8.30. The molecule has 0 radical (unpaired) electrons. The molecular formula is C10H13NO4. The maximum atomic E-state index is 10.6. The first kappa shape index (κ1) is 11.5. The van der Waals surface area contributed by atoms with Crippen molar-refractivity contribution >= 4 is 5.97 Å². The van der Waals surface area contributed by atoms with E-state index >= 15 is 0 Å². The average Bonchev–Trinajstić information content (AvgIpc) is 2.19. The van der Waals surface area contributed by atoms with Gasteiger partial charge >= 0.3 is 5.97 Å². The van der Waals surface area contributed by atoms with Crippen molar-refractivity contribution < 1.29 is 19.7 Å². The summed E-state index contributed by atoms with van der Waals surface area (Å²) < 4.78 is 4.72. The normalized spacial score (nSPS) is 12.2. The van der Waals surface area contributed by atoms with Gasteiger partial charge in [0, 0.05) is 6.92 Å². The van der Waals surface area contributed by atoms with Crippen LogP contribution in [-0.2, 0) is 4.79 Å². The van der Waals surface area contributed by atoms with Gasteiger partial charge in [0.05, 0.1) is 12.6 Å². The average molecular weight is 211 g/mol. The van der Waals surface area contributed by atoms with Gasteiger partial charge in [-0.05, 0) is 17.7 Å². The first-order chi connectivity index (χ1) is 7.04. The molecule has 0 bridgehead atoms. The van der Waals surface area contributed by atoms with Gasteiger partial charge in [-0.1, -0.05) is 6.07 Å². The summed E-state index contributed by atoms with van der Waals surface area (Å²) in [7, 11) is 0. The SMILES string of the molecule is CC(=O)Oc1ccc([C@@H](N)CO)cc1O. The topological polar surface area (TPSA) is 92.8 Å². The first-order valence-electron chi connectivity index (χ1n) is 4.42. The highest BCUT2D eigenvalue weighted by Crippen LogP contribution is 2.28. The minimum Gasteiger partial charge on any atom is -0.504 e. The fourth-order valence-electron chi connectivity index (χ4n) is 1.11. The first-order valence-corrected chi connectivity index (χ1v) is 4.42. The number of carbonyl (C=O) groups is 1. The van der Waals surface area contributed by atoms with Crippen LogP contribution in [0.2, 0.25) is 0 Å². The van der Waals surface area contributed by atoms with E-state index in [2.05, 4.69) is 0 Å². The van der Waals surface area contributed by atoms with Crippen molar-refractivity contribution in [2.75, 3.05) is 6.61 Å². The molecule has 0 saturated carbocycles. The number of carbonyl (C=O) groups excluding carboxylic acids is 1. The van der Waals surface area contributed by atoms with E-state index in [0.29, 0.717) is 5.56 Å². The van der Waals surface area contributed by atoms with Crippen LogP contribution < -0.4 is 10.5 Å². The van der Waals surface area contributed by atoms with Crippen LogP contribution in [0.25, 0.3) is 0 Å². The summed E-state index contributed by atoms with van der Waals surface area (Å²) in [6.45, 7) is 1.03. The molecule has 4 N–H and O–H groups in total. The number of rotatable bonds is 3. The molecule has 0 aromatic heterocycles. The third-order valence-corrected chi connectivity index (χ3v) is 1.86. The van der Waals surface area contributed by atoms with Crippen LogP contribution >= 0.6 is 0 Å². The molecular weight excluding hydrogens is 198 g/mol. The molecule has 1 aromatic carbocycles. The van der Waals surface area contributed by atoms with Gasteiger partial charge in [0.25, 0.3) is 0 Å². The van der Waals surface area contributed by atoms with Crippen LogP contribution in [0.4, 0.5) is 0 Å². The Morgan fingerprint density at radius 3 is 2.73 bits per heavy atom. The highest BCUT2D eigenvalue weighted by atomic mass is 16.5. The summed E-state index contributed by atoms with van der Waals surface area (Å²) in [5.41, 5.74) is 6.12. The number of hydrogen-bond acceptors (Lipinski definition) is 5. The van der Waals surface area contributed by atoms with Crippen molar-refractivity contribution in [3.63, 3.8) is 0 Å². The largest absolute Gasteiger partial charge is 0.504 e. The molecule has 1 rings (SSSR count). The predicted molar refractivity (Wildman–Crippen MR) is 53.4 cm³/mol. The monoisotopic (exact) mass is 211 g/mol. The maximum absolute atomic E-state index is 10.6. The summed E-state index contributed by atoms with van der Waals surface area (Å²) in [6.07, 6.45) is 0. The van der Waals surface area contributed by atoms with E-state index in [1.807, 2.05) is 0 Å². The number of benzene rings is 1. The van der Waals surface area contributed by atoms with Crippen LogP contribution in [0.3, 0.4) is 0 Å². The Morgan fingerprint density at radius 1 is 1.60 bits per heavy atom. The Balaban J connectivity index is 2.92. The molecule has 5 heteroatoms. The highest BCUT2D eigenvalue weighted by Gasteiger charge is 2.10. The summed E-state index contributed by atoms with van der Waals surface area (Å²) in [5.74, 6) is -0.604. The quantitative estimate of drug-likeness (QED) is 0.494. The van der Waals surface area contributed by atoms with Crippen molar-refractivity contribution in [1.82, 2.24) is 0 Å². The zero-order chi connectivity index (χ0) is 11.4. The second-order valence-corrected chi connectivity index (χ2v) is 3.11. The second kappa shape index (κ2) is 4.77. The van der Waals surface area contributed by atoms with E-state index in [4.69, 9.17) is 15.6 Å². The Labute approximate surface area is 87.1 Å². The highest BCUT2D eigenvalue weighted by molar-refractivity contribution is 5.70. The van der Waals surface area contributed by atoms with E-state index in [-0.39, 0.29) is 18.1 Å². The Morgan fingerprint density at radius 2 is 2.27 bits per heavy atom. The van der Waals surface area contributed by atoms with Gasteiger partial charge in [-0.25, -0.2) is 0 Å². The molecule has 0 saturated heterocycles. The molecule has 0 aliphatic carbocycles.